The molecule has 2 rings (SSSR count). The molecular weight excluding hydrogens is 354 g/mol. The van der Waals surface area contributed by atoms with Crippen LogP contribution in [0.1, 0.15) is 19.4 Å². The first-order valence-electron chi connectivity index (χ1n) is 7.97. The molecule has 0 atom stereocenters. The second kappa shape index (κ2) is 9.04. The van der Waals surface area contributed by atoms with E-state index in [2.05, 4.69) is 30.2 Å². The number of nitrogens with one attached hydrogen (secondary N) is 1. The maximum absolute atomic E-state index is 12.3. The van der Waals surface area contributed by atoms with Gasteiger partial charge in [0.25, 0.3) is 0 Å². The fraction of sp³-hybridized carbons (Fsp3) is 0.263. The van der Waals surface area contributed by atoms with Crippen molar-refractivity contribution in [3.63, 3.8) is 0 Å². The van der Waals surface area contributed by atoms with E-state index in [-0.39, 0.29) is 12.3 Å². The molecule has 0 aromatic heterocycles. The second-order valence-electron chi connectivity index (χ2n) is 5.98. The molecule has 0 radical (unpaired) electrons. The maximum atomic E-state index is 12.3. The van der Waals surface area contributed by atoms with Gasteiger partial charge in [-0.2, -0.15) is 0 Å². The molecule has 1 aromatic rings. The largest absolute Gasteiger partial charge is 0.326 e. The van der Waals surface area contributed by atoms with Crippen molar-refractivity contribution in [2.24, 2.45) is 16.0 Å². The number of hydrogen-bond donors (Lipinski definition) is 2. The van der Waals surface area contributed by atoms with Gasteiger partial charge in [0.05, 0.1) is 12.1 Å². The number of carbonyl (C=O) groups excluding carboxylic acids is 1. The number of nitrogens with two attached hydrogens (primary N) is 1. The van der Waals surface area contributed by atoms with Gasteiger partial charge in [0.2, 0.25) is 5.91 Å². The van der Waals surface area contributed by atoms with Crippen LogP contribution in [-0.2, 0) is 11.2 Å². The summed E-state index contributed by atoms with van der Waals surface area (Å²) in [7, 11) is 1.73. The highest BCUT2D eigenvalue weighted by atomic mass is 35.5. The van der Waals surface area contributed by atoms with Crippen LogP contribution in [0.15, 0.2) is 63.7 Å². The summed E-state index contributed by atoms with van der Waals surface area (Å²) < 4.78 is 0. The Labute approximate surface area is 158 Å². The molecule has 0 fully saturated rings. The number of amides is 1. The highest BCUT2D eigenvalue weighted by Crippen LogP contribution is 2.28. The fourth-order valence-corrected chi connectivity index (χ4v) is 3.18. The molecule has 0 aliphatic heterocycles. The summed E-state index contributed by atoms with van der Waals surface area (Å²) in [6, 6.07) is 7.32. The van der Waals surface area contributed by atoms with Crippen molar-refractivity contribution >= 4 is 35.2 Å². The topological polar surface area (TPSA) is 67.5 Å². The van der Waals surface area contributed by atoms with Crippen LogP contribution in [-0.4, -0.2) is 18.7 Å². The van der Waals surface area contributed by atoms with E-state index in [1.54, 1.807) is 13.1 Å². The van der Waals surface area contributed by atoms with Crippen molar-refractivity contribution in [1.82, 2.24) is 5.32 Å². The van der Waals surface area contributed by atoms with Crippen molar-refractivity contribution in [1.29, 1.82) is 0 Å². The van der Waals surface area contributed by atoms with E-state index in [0.717, 1.165) is 33.7 Å². The Morgan fingerprint density at radius 1 is 1.36 bits per heavy atom. The first-order valence-corrected chi connectivity index (χ1v) is 9.23. The lowest BCUT2D eigenvalue weighted by atomic mass is 9.99. The molecule has 6 heteroatoms. The standard InChI is InChI=1S/C19H22ClN3OS/c1-12(2)8-15-17(22-3)10-14(11-18(15)25-21)23-19(24)9-13-6-4-5-7-16(13)20/h4-8,10-12H,9,21H2,1-3H3,(H,23,24)/b15-8+,22-17?. The van der Waals surface area contributed by atoms with Crippen LogP contribution in [0.25, 0.3) is 0 Å². The van der Waals surface area contributed by atoms with Crippen LogP contribution >= 0.6 is 23.5 Å². The molecule has 0 heterocycles. The van der Waals surface area contributed by atoms with Gasteiger partial charge in [-0.05, 0) is 41.6 Å². The third-order valence-corrected chi connectivity index (χ3v) is 4.54. The number of halogens is 1. The molecule has 1 amide bonds. The van der Waals surface area contributed by atoms with E-state index < -0.39 is 0 Å². The van der Waals surface area contributed by atoms with Gasteiger partial charge < -0.3 is 5.32 Å². The van der Waals surface area contributed by atoms with E-state index in [1.807, 2.05) is 30.4 Å². The summed E-state index contributed by atoms with van der Waals surface area (Å²) in [5.74, 6) is 0.232. The monoisotopic (exact) mass is 375 g/mol. The molecule has 132 valence electrons. The summed E-state index contributed by atoms with van der Waals surface area (Å²) in [6.45, 7) is 4.20. The van der Waals surface area contributed by atoms with Crippen molar-refractivity contribution in [2.45, 2.75) is 20.3 Å². The minimum absolute atomic E-state index is 0.135. The van der Waals surface area contributed by atoms with Crippen molar-refractivity contribution in [3.05, 3.63) is 69.3 Å². The lowest BCUT2D eigenvalue weighted by molar-refractivity contribution is -0.119. The van der Waals surface area contributed by atoms with Crippen LogP contribution in [0.4, 0.5) is 0 Å². The highest BCUT2D eigenvalue weighted by Gasteiger charge is 2.18. The normalized spacial score (nSPS) is 17.7. The van der Waals surface area contributed by atoms with Crippen LogP contribution in [0.2, 0.25) is 5.02 Å². The molecule has 1 aliphatic rings. The van der Waals surface area contributed by atoms with Crippen molar-refractivity contribution in [2.75, 3.05) is 7.05 Å². The smallest absolute Gasteiger partial charge is 0.228 e. The molecule has 0 bridgehead atoms. The van der Waals surface area contributed by atoms with Gasteiger partial charge in [0, 0.05) is 28.2 Å². The predicted molar refractivity (Wildman–Crippen MR) is 108 cm³/mol. The highest BCUT2D eigenvalue weighted by molar-refractivity contribution is 8.01. The number of rotatable bonds is 5. The summed E-state index contributed by atoms with van der Waals surface area (Å²) in [6.07, 6.45) is 6.06. The van der Waals surface area contributed by atoms with E-state index in [4.69, 9.17) is 16.7 Å². The summed E-state index contributed by atoms with van der Waals surface area (Å²) in [5.41, 5.74) is 3.26. The molecule has 0 saturated heterocycles. The minimum Gasteiger partial charge on any atom is -0.326 e. The van der Waals surface area contributed by atoms with E-state index in [1.165, 1.54) is 0 Å². The summed E-state index contributed by atoms with van der Waals surface area (Å²) in [5, 5.41) is 9.31. The van der Waals surface area contributed by atoms with Gasteiger partial charge in [-0.25, -0.2) is 0 Å². The average molecular weight is 376 g/mol. The van der Waals surface area contributed by atoms with E-state index in [9.17, 15) is 4.79 Å². The Hall–Kier alpha value is -1.82. The Kier molecular flexibility index (Phi) is 7.05. The maximum Gasteiger partial charge on any atom is 0.228 e. The lowest BCUT2D eigenvalue weighted by Gasteiger charge is -2.19. The van der Waals surface area contributed by atoms with Crippen LogP contribution in [0, 0.1) is 5.92 Å². The van der Waals surface area contributed by atoms with Gasteiger partial charge in [0.1, 0.15) is 0 Å². The molecule has 1 aromatic carbocycles. The number of carbonyl (C=O) groups is 1. The molecular formula is C19H22ClN3OS. The molecule has 1 aliphatic carbocycles. The number of aliphatic imine (C=N–C) groups is 1. The Balaban J connectivity index is 2.19. The Bertz CT molecular complexity index is 779. The Morgan fingerprint density at radius 3 is 2.68 bits per heavy atom. The zero-order valence-corrected chi connectivity index (χ0v) is 16.1. The second-order valence-corrected chi connectivity index (χ2v) is 7.06. The third kappa shape index (κ3) is 5.33. The number of nitrogens with zero attached hydrogens (tertiary/aromatic N) is 1. The Morgan fingerprint density at radius 2 is 2.08 bits per heavy atom. The average Bonchev–Trinajstić information content (AvgIpc) is 2.57. The first-order chi connectivity index (χ1) is 11.9. The molecule has 25 heavy (non-hydrogen) atoms. The summed E-state index contributed by atoms with van der Waals surface area (Å²) >= 11 is 7.27. The third-order valence-electron chi connectivity index (χ3n) is 3.58. The van der Waals surface area contributed by atoms with Crippen LogP contribution in [0.5, 0.6) is 0 Å². The van der Waals surface area contributed by atoms with Crippen LogP contribution < -0.4 is 10.5 Å². The van der Waals surface area contributed by atoms with Gasteiger partial charge in [-0.3, -0.25) is 14.9 Å². The quantitative estimate of drug-likeness (QED) is 0.763. The lowest BCUT2D eigenvalue weighted by Crippen LogP contribution is -2.26. The molecule has 3 N–H and O–H groups in total. The fourth-order valence-electron chi connectivity index (χ4n) is 2.49. The van der Waals surface area contributed by atoms with Gasteiger partial charge in [-0.15, -0.1) is 0 Å². The number of benzene rings is 1. The minimum atomic E-state index is -0.135. The van der Waals surface area contributed by atoms with E-state index >= 15 is 0 Å². The molecule has 4 nitrogen and oxygen atoms in total. The van der Waals surface area contributed by atoms with Crippen LogP contribution in [0.3, 0.4) is 0 Å². The molecule has 0 unspecified atom stereocenters. The SMILES string of the molecule is CN=C1C=C(NC(=O)Cc2ccccc2Cl)C=C(SN)/C1=C/C(C)C. The zero-order valence-electron chi connectivity index (χ0n) is 14.5. The van der Waals surface area contributed by atoms with Crippen molar-refractivity contribution < 1.29 is 4.79 Å². The summed E-state index contributed by atoms with van der Waals surface area (Å²) in [4.78, 5) is 17.6. The van der Waals surface area contributed by atoms with Gasteiger partial charge >= 0.3 is 0 Å². The molecule has 0 spiro atoms. The first kappa shape index (κ1) is 19.5. The van der Waals surface area contributed by atoms with E-state index in [0.29, 0.717) is 16.6 Å². The predicted octanol–water partition coefficient (Wildman–Crippen LogP) is 4.04. The van der Waals surface area contributed by atoms with Crippen molar-refractivity contribution in [3.8, 4) is 0 Å². The number of hydrogen-bond acceptors (Lipinski definition) is 4. The number of allylic oxidation sites excluding steroid dienone is 4. The van der Waals surface area contributed by atoms with Gasteiger partial charge in [-0.1, -0.05) is 49.7 Å². The molecule has 0 saturated carbocycles. The van der Waals surface area contributed by atoms with Gasteiger partial charge in [0.15, 0.2) is 0 Å². The zero-order chi connectivity index (χ0) is 18.4.